The van der Waals surface area contributed by atoms with Crippen LogP contribution in [0.25, 0.3) is 11.0 Å². The summed E-state index contributed by atoms with van der Waals surface area (Å²) in [4.78, 5) is 15.3. The minimum atomic E-state index is -0.851. The molecule has 3 heterocycles. The summed E-state index contributed by atoms with van der Waals surface area (Å²) in [5.41, 5.74) is 1.22. The summed E-state index contributed by atoms with van der Waals surface area (Å²) < 4.78 is 16.3. The van der Waals surface area contributed by atoms with Crippen LogP contribution >= 0.6 is 11.8 Å². The first kappa shape index (κ1) is 23.1. The second-order valence-electron chi connectivity index (χ2n) is 8.97. The van der Waals surface area contributed by atoms with Crippen LogP contribution in [0, 0.1) is 0 Å². The van der Waals surface area contributed by atoms with Crippen LogP contribution in [0.2, 0.25) is 0 Å². The van der Waals surface area contributed by atoms with E-state index in [9.17, 15) is 9.90 Å². The number of furan rings is 1. The number of ether oxygens (including phenoxy) is 2. The number of likely N-dealkylation sites (tertiary alicyclic amines) is 1. The van der Waals surface area contributed by atoms with Crippen molar-refractivity contribution in [1.82, 2.24) is 4.90 Å². The maximum absolute atomic E-state index is 12.8. The topological polar surface area (TPSA) is 84.2 Å². The number of nitrogens with one attached hydrogen (secondary N) is 1. The third kappa shape index (κ3) is 4.50. The highest BCUT2D eigenvalue weighted by atomic mass is 32.2. The quantitative estimate of drug-likeness (QED) is 0.535. The molecule has 34 heavy (non-hydrogen) atoms. The summed E-state index contributed by atoms with van der Waals surface area (Å²) >= 11 is 2.02. The molecule has 0 bridgehead atoms. The third-order valence-corrected chi connectivity index (χ3v) is 8.11. The number of fused-ring (bicyclic) bond motifs is 1. The number of carbonyl (C=O) groups excluding carboxylic acids is 1. The maximum Gasteiger partial charge on any atom is 0.291 e. The SMILES string of the molecule is COc1ccc(NC(=O)c2cc3cc(C4(O)CCN(C5CCSC5)CC4)ccc3o2)cc1OC. The number of benzene rings is 2. The minimum Gasteiger partial charge on any atom is -0.493 e. The number of thioether (sulfide) groups is 1. The van der Waals surface area contributed by atoms with Gasteiger partial charge in [0.25, 0.3) is 5.91 Å². The predicted octanol–water partition coefficient (Wildman–Crippen LogP) is 4.49. The number of methoxy groups -OCH3 is 2. The fourth-order valence-electron chi connectivity index (χ4n) is 4.91. The molecule has 1 amide bonds. The molecule has 1 aromatic heterocycles. The van der Waals surface area contributed by atoms with Gasteiger partial charge in [-0.1, -0.05) is 6.07 Å². The molecule has 2 aliphatic rings. The van der Waals surface area contributed by atoms with Gasteiger partial charge in [0.1, 0.15) is 5.58 Å². The standard InChI is InChI=1S/C26H30N2O5S/c1-31-22-6-4-19(15-23(22)32-2)27-25(29)24-14-17-13-18(3-5-21(17)33-24)26(30)8-10-28(11-9-26)20-7-12-34-16-20/h3-6,13-15,20,30H,7-12,16H2,1-2H3,(H,27,29). The smallest absolute Gasteiger partial charge is 0.291 e. The zero-order chi connectivity index (χ0) is 23.7. The Kier molecular flexibility index (Phi) is 6.46. The molecule has 2 aromatic carbocycles. The zero-order valence-electron chi connectivity index (χ0n) is 19.5. The van der Waals surface area contributed by atoms with Crippen molar-refractivity contribution in [3.05, 3.63) is 53.8 Å². The van der Waals surface area contributed by atoms with E-state index in [1.807, 2.05) is 30.0 Å². The van der Waals surface area contributed by atoms with Crippen LogP contribution in [0.1, 0.15) is 35.4 Å². The van der Waals surface area contributed by atoms with Crippen LogP contribution in [-0.4, -0.2) is 60.8 Å². The number of piperidine rings is 1. The molecule has 0 radical (unpaired) electrons. The molecule has 0 aliphatic carbocycles. The molecule has 180 valence electrons. The molecule has 2 aliphatic heterocycles. The minimum absolute atomic E-state index is 0.211. The molecule has 1 atom stereocenters. The number of hydrogen-bond acceptors (Lipinski definition) is 7. The first-order chi connectivity index (χ1) is 16.5. The molecule has 8 heteroatoms. The van der Waals surface area contributed by atoms with Gasteiger partial charge in [-0.25, -0.2) is 0 Å². The van der Waals surface area contributed by atoms with E-state index in [0.29, 0.717) is 41.7 Å². The molecular formula is C26H30N2O5S. The van der Waals surface area contributed by atoms with E-state index >= 15 is 0 Å². The van der Waals surface area contributed by atoms with Gasteiger partial charge in [0.05, 0.1) is 19.8 Å². The monoisotopic (exact) mass is 482 g/mol. The normalized spacial score (nSPS) is 20.4. The molecule has 0 saturated carbocycles. The van der Waals surface area contributed by atoms with Crippen molar-refractivity contribution in [2.45, 2.75) is 30.9 Å². The fourth-order valence-corrected chi connectivity index (χ4v) is 6.16. The Hall–Kier alpha value is -2.68. The molecule has 7 nitrogen and oxygen atoms in total. The van der Waals surface area contributed by atoms with Crippen molar-refractivity contribution in [2.75, 3.05) is 44.1 Å². The predicted molar refractivity (Wildman–Crippen MR) is 134 cm³/mol. The summed E-state index contributed by atoms with van der Waals surface area (Å²) in [6.45, 7) is 1.81. The second-order valence-corrected chi connectivity index (χ2v) is 10.1. The van der Waals surface area contributed by atoms with Crippen LogP contribution in [0.4, 0.5) is 5.69 Å². The largest absolute Gasteiger partial charge is 0.493 e. The number of hydrogen-bond donors (Lipinski definition) is 2. The Morgan fingerprint density at radius 3 is 2.62 bits per heavy atom. The molecule has 2 saturated heterocycles. The summed E-state index contributed by atoms with van der Waals surface area (Å²) in [6, 6.07) is 13.3. The van der Waals surface area contributed by atoms with E-state index in [0.717, 1.165) is 24.0 Å². The Morgan fingerprint density at radius 1 is 1.12 bits per heavy atom. The summed E-state index contributed by atoms with van der Waals surface area (Å²) in [5, 5.41) is 15.0. The van der Waals surface area contributed by atoms with Gasteiger partial charge in [-0.15, -0.1) is 0 Å². The summed E-state index contributed by atoms with van der Waals surface area (Å²) in [5.74, 6) is 3.41. The Morgan fingerprint density at radius 2 is 1.91 bits per heavy atom. The number of nitrogens with zero attached hydrogens (tertiary/aromatic N) is 1. The first-order valence-corrected chi connectivity index (χ1v) is 12.8. The zero-order valence-corrected chi connectivity index (χ0v) is 20.3. The average molecular weight is 483 g/mol. The number of aliphatic hydroxyl groups is 1. The lowest BCUT2D eigenvalue weighted by atomic mass is 9.83. The van der Waals surface area contributed by atoms with Gasteiger partial charge in [0, 0.05) is 42.0 Å². The maximum atomic E-state index is 12.8. The van der Waals surface area contributed by atoms with Gasteiger partial charge in [-0.2, -0.15) is 11.8 Å². The fraction of sp³-hybridized carbons (Fsp3) is 0.423. The van der Waals surface area contributed by atoms with Crippen LogP contribution < -0.4 is 14.8 Å². The molecule has 0 spiro atoms. The van der Waals surface area contributed by atoms with E-state index in [1.54, 1.807) is 38.5 Å². The van der Waals surface area contributed by atoms with Crippen molar-refractivity contribution in [3.63, 3.8) is 0 Å². The van der Waals surface area contributed by atoms with Crippen molar-refractivity contribution < 1.29 is 23.8 Å². The molecule has 2 fully saturated rings. The lowest BCUT2D eigenvalue weighted by Crippen LogP contribution is -2.47. The Balaban J connectivity index is 1.30. The van der Waals surface area contributed by atoms with Gasteiger partial charge < -0.3 is 24.3 Å². The van der Waals surface area contributed by atoms with Crippen molar-refractivity contribution in [1.29, 1.82) is 0 Å². The number of anilines is 1. The number of rotatable bonds is 6. The highest BCUT2D eigenvalue weighted by Crippen LogP contribution is 2.37. The van der Waals surface area contributed by atoms with Gasteiger partial charge in [0.15, 0.2) is 17.3 Å². The number of amides is 1. The second kappa shape index (κ2) is 9.52. The lowest BCUT2D eigenvalue weighted by molar-refractivity contribution is -0.0332. The molecule has 5 rings (SSSR count). The molecule has 3 aromatic rings. The number of carbonyl (C=O) groups is 1. The Labute approximate surface area is 203 Å². The highest BCUT2D eigenvalue weighted by Gasteiger charge is 2.37. The average Bonchev–Trinajstić information content (AvgIpc) is 3.54. The summed E-state index contributed by atoms with van der Waals surface area (Å²) in [6.07, 6.45) is 2.67. The van der Waals surface area contributed by atoms with E-state index in [-0.39, 0.29) is 11.7 Å². The van der Waals surface area contributed by atoms with Gasteiger partial charge in [-0.3, -0.25) is 9.69 Å². The summed E-state index contributed by atoms with van der Waals surface area (Å²) in [7, 11) is 3.11. The van der Waals surface area contributed by atoms with Crippen LogP contribution in [0.5, 0.6) is 11.5 Å². The van der Waals surface area contributed by atoms with E-state index in [4.69, 9.17) is 13.9 Å². The van der Waals surface area contributed by atoms with E-state index in [2.05, 4.69) is 10.2 Å². The van der Waals surface area contributed by atoms with Crippen LogP contribution in [0.15, 0.2) is 46.9 Å². The lowest BCUT2D eigenvalue weighted by Gasteiger charge is -2.41. The van der Waals surface area contributed by atoms with Gasteiger partial charge in [0.2, 0.25) is 0 Å². The van der Waals surface area contributed by atoms with Gasteiger partial charge >= 0.3 is 0 Å². The molecule has 1 unspecified atom stereocenters. The van der Waals surface area contributed by atoms with E-state index in [1.165, 1.54) is 17.9 Å². The molecule has 2 N–H and O–H groups in total. The Bertz CT molecular complexity index is 1180. The van der Waals surface area contributed by atoms with Crippen molar-refractivity contribution >= 4 is 34.3 Å². The first-order valence-electron chi connectivity index (χ1n) is 11.6. The third-order valence-electron chi connectivity index (χ3n) is 6.97. The van der Waals surface area contributed by atoms with Crippen molar-refractivity contribution in [2.24, 2.45) is 0 Å². The van der Waals surface area contributed by atoms with E-state index < -0.39 is 5.60 Å². The van der Waals surface area contributed by atoms with Crippen LogP contribution in [0.3, 0.4) is 0 Å². The van der Waals surface area contributed by atoms with Gasteiger partial charge in [-0.05, 0) is 60.9 Å². The highest BCUT2D eigenvalue weighted by molar-refractivity contribution is 7.99. The van der Waals surface area contributed by atoms with Crippen LogP contribution in [-0.2, 0) is 5.60 Å². The molecular weight excluding hydrogens is 452 g/mol. The van der Waals surface area contributed by atoms with Crippen molar-refractivity contribution in [3.8, 4) is 11.5 Å².